The summed E-state index contributed by atoms with van der Waals surface area (Å²) in [5, 5.41) is -0.493. The minimum Gasteiger partial charge on any atom is -0.371 e. The van der Waals surface area contributed by atoms with Crippen molar-refractivity contribution >= 4 is 9.84 Å². The molecule has 0 radical (unpaired) electrons. The van der Waals surface area contributed by atoms with Gasteiger partial charge in [0.25, 0.3) is 0 Å². The molecule has 2 fully saturated rings. The molecule has 23 heavy (non-hydrogen) atoms. The predicted molar refractivity (Wildman–Crippen MR) is 92.0 cm³/mol. The van der Waals surface area contributed by atoms with E-state index in [0.29, 0.717) is 11.3 Å². The molecular formula is C19H26O3S. The lowest BCUT2D eigenvalue weighted by Crippen LogP contribution is -2.50. The van der Waals surface area contributed by atoms with Crippen molar-refractivity contribution in [2.45, 2.75) is 61.9 Å². The topological polar surface area (TPSA) is 43.4 Å². The Bertz CT molecular complexity index is 688. The van der Waals surface area contributed by atoms with Crippen molar-refractivity contribution in [1.82, 2.24) is 0 Å². The van der Waals surface area contributed by atoms with Crippen LogP contribution in [-0.4, -0.2) is 25.4 Å². The molecule has 2 aliphatic rings. The molecular weight excluding hydrogens is 308 g/mol. The molecule has 0 N–H and O–H groups in total. The molecule has 0 amide bonds. The maximum absolute atomic E-state index is 13.3. The van der Waals surface area contributed by atoms with E-state index < -0.39 is 15.1 Å². The van der Waals surface area contributed by atoms with Gasteiger partial charge in [-0.2, -0.15) is 0 Å². The zero-order valence-corrected chi connectivity index (χ0v) is 15.0. The standard InChI is InChI=1S/C19H26O3S/c1-5-9-15(23(20,21)14-10-7-6-8-11-14)17-18(2,3)16-12-13-19(17,4)22-16/h5-8,10-11,15-17H,1,9,12-13H2,2-4H3/t15?,16-,17-,19+/m0/s1. The number of hydrogen-bond donors (Lipinski definition) is 0. The van der Waals surface area contributed by atoms with E-state index in [0.717, 1.165) is 12.8 Å². The highest BCUT2D eigenvalue weighted by atomic mass is 32.2. The molecule has 2 saturated heterocycles. The van der Waals surface area contributed by atoms with Gasteiger partial charge in [0.05, 0.1) is 21.9 Å². The fourth-order valence-electron chi connectivity index (χ4n) is 4.86. The minimum atomic E-state index is -3.43. The molecule has 1 unspecified atom stereocenters. The first-order valence-electron chi connectivity index (χ1n) is 8.31. The largest absolute Gasteiger partial charge is 0.371 e. The summed E-state index contributed by atoms with van der Waals surface area (Å²) in [5.74, 6) is -0.0306. The molecule has 0 spiro atoms. The second-order valence-corrected chi connectivity index (χ2v) is 9.84. The second kappa shape index (κ2) is 5.45. The third-order valence-electron chi connectivity index (χ3n) is 5.84. The van der Waals surface area contributed by atoms with E-state index in [1.54, 1.807) is 30.3 Å². The van der Waals surface area contributed by atoms with Crippen LogP contribution in [0, 0.1) is 11.3 Å². The van der Waals surface area contributed by atoms with E-state index in [2.05, 4.69) is 27.4 Å². The van der Waals surface area contributed by atoms with Gasteiger partial charge >= 0.3 is 0 Å². The van der Waals surface area contributed by atoms with Gasteiger partial charge in [0.15, 0.2) is 9.84 Å². The van der Waals surface area contributed by atoms with E-state index in [-0.39, 0.29) is 23.0 Å². The molecule has 3 rings (SSSR count). The van der Waals surface area contributed by atoms with Crippen molar-refractivity contribution in [2.75, 3.05) is 0 Å². The van der Waals surface area contributed by atoms with Gasteiger partial charge in [-0.1, -0.05) is 38.1 Å². The number of rotatable bonds is 5. The summed E-state index contributed by atoms with van der Waals surface area (Å²) in [5.41, 5.74) is -0.508. The Morgan fingerprint density at radius 1 is 1.30 bits per heavy atom. The first kappa shape index (κ1) is 16.7. The van der Waals surface area contributed by atoms with Gasteiger partial charge in [0, 0.05) is 5.92 Å². The molecule has 0 aromatic heterocycles. The molecule has 4 atom stereocenters. The lowest BCUT2D eigenvalue weighted by molar-refractivity contribution is 0.00534. The maximum Gasteiger partial charge on any atom is 0.181 e. The van der Waals surface area contributed by atoms with Crippen LogP contribution >= 0.6 is 0 Å². The van der Waals surface area contributed by atoms with E-state index in [9.17, 15) is 8.42 Å². The third kappa shape index (κ3) is 2.47. The van der Waals surface area contributed by atoms with Crippen LogP contribution in [0.1, 0.15) is 40.0 Å². The van der Waals surface area contributed by atoms with Crippen molar-refractivity contribution in [3.05, 3.63) is 43.0 Å². The Hall–Kier alpha value is -1.13. The molecule has 1 aromatic carbocycles. The molecule has 2 bridgehead atoms. The van der Waals surface area contributed by atoms with Gasteiger partial charge in [-0.05, 0) is 43.7 Å². The number of benzene rings is 1. The summed E-state index contributed by atoms with van der Waals surface area (Å²) in [4.78, 5) is 0.397. The molecule has 2 aliphatic heterocycles. The van der Waals surface area contributed by atoms with Crippen LogP contribution in [0.4, 0.5) is 0 Å². The number of fused-ring (bicyclic) bond motifs is 2. The van der Waals surface area contributed by atoms with Crippen LogP contribution in [0.2, 0.25) is 0 Å². The van der Waals surface area contributed by atoms with E-state index in [1.807, 2.05) is 6.07 Å². The number of allylic oxidation sites excluding steroid dienone is 1. The first-order chi connectivity index (χ1) is 10.7. The second-order valence-electron chi connectivity index (χ2n) is 7.68. The summed E-state index contributed by atoms with van der Waals surface area (Å²) in [6, 6.07) is 8.78. The Morgan fingerprint density at radius 3 is 2.48 bits per heavy atom. The third-order valence-corrected chi connectivity index (χ3v) is 8.04. The lowest BCUT2D eigenvalue weighted by Gasteiger charge is -2.43. The molecule has 1 aromatic rings. The summed E-state index contributed by atoms with van der Waals surface area (Å²) in [7, 11) is -3.43. The quantitative estimate of drug-likeness (QED) is 0.765. The zero-order chi connectivity index (χ0) is 16.9. The highest BCUT2D eigenvalue weighted by molar-refractivity contribution is 7.92. The van der Waals surface area contributed by atoms with E-state index >= 15 is 0 Å². The van der Waals surface area contributed by atoms with Crippen LogP contribution < -0.4 is 0 Å². The van der Waals surface area contributed by atoms with Gasteiger partial charge in [-0.15, -0.1) is 6.58 Å². The molecule has 3 nitrogen and oxygen atoms in total. The SMILES string of the molecule is C=CCC([C@H]1C(C)(C)[C@@H]2CC[C@@]1(C)O2)S(=O)(=O)c1ccccc1. The molecule has 0 saturated carbocycles. The average molecular weight is 334 g/mol. The molecule has 2 heterocycles. The van der Waals surface area contributed by atoms with Gasteiger partial charge in [0.1, 0.15) is 0 Å². The highest BCUT2D eigenvalue weighted by Gasteiger charge is 2.64. The average Bonchev–Trinajstić information content (AvgIpc) is 2.98. The summed E-state index contributed by atoms with van der Waals surface area (Å²) >= 11 is 0. The maximum atomic E-state index is 13.3. The summed E-state index contributed by atoms with van der Waals surface area (Å²) in [6.07, 6.45) is 4.29. The van der Waals surface area contributed by atoms with Crippen LogP contribution in [0.3, 0.4) is 0 Å². The highest BCUT2D eigenvalue weighted by Crippen LogP contribution is 2.60. The number of sulfone groups is 1. The van der Waals surface area contributed by atoms with Gasteiger partial charge in [-0.25, -0.2) is 8.42 Å². The fraction of sp³-hybridized carbons (Fsp3) is 0.579. The fourth-order valence-corrected chi connectivity index (χ4v) is 7.14. The normalized spacial score (nSPS) is 33.5. The van der Waals surface area contributed by atoms with Crippen molar-refractivity contribution in [2.24, 2.45) is 11.3 Å². The van der Waals surface area contributed by atoms with Gasteiger partial charge in [-0.3, -0.25) is 0 Å². The summed E-state index contributed by atoms with van der Waals surface area (Å²) < 4.78 is 32.9. The van der Waals surface area contributed by atoms with Gasteiger partial charge in [0.2, 0.25) is 0 Å². The Kier molecular flexibility index (Phi) is 3.96. The lowest BCUT2D eigenvalue weighted by atomic mass is 9.62. The first-order valence-corrected chi connectivity index (χ1v) is 9.86. The smallest absolute Gasteiger partial charge is 0.181 e. The van der Waals surface area contributed by atoms with Crippen molar-refractivity contribution < 1.29 is 13.2 Å². The van der Waals surface area contributed by atoms with Crippen molar-refractivity contribution in [1.29, 1.82) is 0 Å². The minimum absolute atomic E-state index is 0.0306. The number of hydrogen-bond acceptors (Lipinski definition) is 3. The van der Waals surface area contributed by atoms with Crippen LogP contribution in [0.15, 0.2) is 47.9 Å². The van der Waals surface area contributed by atoms with Crippen LogP contribution in [0.25, 0.3) is 0 Å². The molecule has 4 heteroatoms. The van der Waals surface area contributed by atoms with Crippen LogP contribution in [-0.2, 0) is 14.6 Å². The number of ether oxygens (including phenoxy) is 1. The van der Waals surface area contributed by atoms with Gasteiger partial charge < -0.3 is 4.74 Å². The molecule has 126 valence electrons. The Labute approximate surface area is 139 Å². The van der Waals surface area contributed by atoms with Crippen molar-refractivity contribution in [3.63, 3.8) is 0 Å². The Balaban J connectivity index is 2.08. The zero-order valence-electron chi connectivity index (χ0n) is 14.2. The van der Waals surface area contributed by atoms with E-state index in [4.69, 9.17) is 4.74 Å². The predicted octanol–water partition coefficient (Wildman–Crippen LogP) is 4.00. The summed E-state index contributed by atoms with van der Waals surface area (Å²) in [6.45, 7) is 10.2. The van der Waals surface area contributed by atoms with E-state index in [1.165, 1.54) is 0 Å². The van der Waals surface area contributed by atoms with Crippen molar-refractivity contribution in [3.8, 4) is 0 Å². The monoisotopic (exact) mass is 334 g/mol. The Morgan fingerprint density at radius 2 is 1.96 bits per heavy atom. The molecule has 0 aliphatic carbocycles. The van der Waals surface area contributed by atoms with Crippen LogP contribution in [0.5, 0.6) is 0 Å².